The highest BCUT2D eigenvalue weighted by atomic mass is 14.0. The van der Waals surface area contributed by atoms with Crippen LogP contribution < -0.4 is 0 Å². The standard InChI is InChI=1S/C11H20/c1-5-7-11(4)9-6-8-10(2)3/h5,7-8,11H,6,9H2,1-4H3/b7-5+/t11-/m1/s1. The van der Waals surface area contributed by atoms with Crippen LogP contribution in [-0.4, -0.2) is 0 Å². The maximum absolute atomic E-state index is 2.31. The number of hydrogen-bond donors (Lipinski definition) is 0. The van der Waals surface area contributed by atoms with Gasteiger partial charge in [0.2, 0.25) is 0 Å². The van der Waals surface area contributed by atoms with Crippen LogP contribution in [-0.2, 0) is 0 Å². The lowest BCUT2D eigenvalue weighted by Gasteiger charge is -2.02. The molecule has 0 aliphatic carbocycles. The van der Waals surface area contributed by atoms with Crippen molar-refractivity contribution in [1.29, 1.82) is 0 Å². The predicted molar refractivity (Wildman–Crippen MR) is 52.6 cm³/mol. The van der Waals surface area contributed by atoms with Gasteiger partial charge in [0.05, 0.1) is 0 Å². The van der Waals surface area contributed by atoms with Crippen molar-refractivity contribution in [1.82, 2.24) is 0 Å². The molecule has 0 aromatic rings. The van der Waals surface area contributed by atoms with Gasteiger partial charge in [-0.25, -0.2) is 0 Å². The molecule has 0 spiro atoms. The zero-order valence-electron chi connectivity index (χ0n) is 8.22. The van der Waals surface area contributed by atoms with E-state index in [1.54, 1.807) is 0 Å². The van der Waals surface area contributed by atoms with E-state index in [1.807, 2.05) is 0 Å². The highest BCUT2D eigenvalue weighted by molar-refractivity contribution is 4.94. The van der Waals surface area contributed by atoms with Gasteiger partial charge >= 0.3 is 0 Å². The third kappa shape index (κ3) is 7.38. The first kappa shape index (κ1) is 10.5. The summed E-state index contributed by atoms with van der Waals surface area (Å²) in [6.45, 7) is 8.65. The molecule has 0 bridgehead atoms. The van der Waals surface area contributed by atoms with Gasteiger partial charge in [-0.05, 0) is 39.5 Å². The van der Waals surface area contributed by atoms with Crippen LogP contribution in [0.25, 0.3) is 0 Å². The largest absolute Gasteiger partial charge is 0.0914 e. The Hall–Kier alpha value is -0.520. The van der Waals surface area contributed by atoms with Crippen molar-refractivity contribution in [3.63, 3.8) is 0 Å². The molecule has 0 aromatic carbocycles. The van der Waals surface area contributed by atoms with E-state index in [0.29, 0.717) is 0 Å². The van der Waals surface area contributed by atoms with E-state index in [2.05, 4.69) is 45.9 Å². The molecule has 11 heavy (non-hydrogen) atoms. The van der Waals surface area contributed by atoms with E-state index in [9.17, 15) is 0 Å². The first-order valence-corrected chi connectivity index (χ1v) is 4.43. The Morgan fingerprint density at radius 3 is 2.45 bits per heavy atom. The van der Waals surface area contributed by atoms with Gasteiger partial charge in [0, 0.05) is 0 Å². The van der Waals surface area contributed by atoms with Crippen molar-refractivity contribution in [3.8, 4) is 0 Å². The molecular weight excluding hydrogens is 132 g/mol. The highest BCUT2D eigenvalue weighted by Crippen LogP contribution is 2.08. The summed E-state index contributed by atoms with van der Waals surface area (Å²) in [6.07, 6.45) is 9.19. The third-order valence-corrected chi connectivity index (χ3v) is 1.70. The molecule has 0 aromatic heterocycles. The van der Waals surface area contributed by atoms with Crippen LogP contribution >= 0.6 is 0 Å². The summed E-state index contributed by atoms with van der Waals surface area (Å²) in [4.78, 5) is 0. The van der Waals surface area contributed by atoms with Gasteiger partial charge in [0.1, 0.15) is 0 Å². The van der Waals surface area contributed by atoms with Crippen molar-refractivity contribution in [3.05, 3.63) is 23.8 Å². The second kappa shape index (κ2) is 6.21. The van der Waals surface area contributed by atoms with E-state index in [4.69, 9.17) is 0 Å². The van der Waals surface area contributed by atoms with Gasteiger partial charge in [-0.3, -0.25) is 0 Å². The Morgan fingerprint density at radius 2 is 2.00 bits per heavy atom. The summed E-state index contributed by atoms with van der Waals surface area (Å²) >= 11 is 0. The molecule has 0 nitrogen and oxygen atoms in total. The Bertz CT molecular complexity index is 136. The third-order valence-electron chi connectivity index (χ3n) is 1.70. The minimum Gasteiger partial charge on any atom is -0.0914 e. The van der Waals surface area contributed by atoms with Gasteiger partial charge in [0.15, 0.2) is 0 Å². The molecule has 0 heterocycles. The molecule has 1 atom stereocenters. The number of hydrogen-bond acceptors (Lipinski definition) is 0. The molecule has 0 aliphatic rings. The maximum atomic E-state index is 2.31. The first-order chi connectivity index (χ1) is 5.16. The van der Waals surface area contributed by atoms with Gasteiger partial charge in [0.25, 0.3) is 0 Å². The monoisotopic (exact) mass is 152 g/mol. The molecule has 0 rings (SSSR count). The molecule has 0 radical (unpaired) electrons. The van der Waals surface area contributed by atoms with Crippen LogP contribution in [0.5, 0.6) is 0 Å². The van der Waals surface area contributed by atoms with Crippen molar-refractivity contribution in [2.24, 2.45) is 5.92 Å². The van der Waals surface area contributed by atoms with Crippen LogP contribution in [0.4, 0.5) is 0 Å². The summed E-state index contributed by atoms with van der Waals surface area (Å²) in [5.41, 5.74) is 1.43. The molecule has 0 amide bonds. The zero-order chi connectivity index (χ0) is 8.69. The molecule has 0 aliphatic heterocycles. The fraction of sp³-hybridized carbons (Fsp3) is 0.636. The first-order valence-electron chi connectivity index (χ1n) is 4.43. The Morgan fingerprint density at radius 1 is 1.36 bits per heavy atom. The Kier molecular flexibility index (Phi) is 5.91. The molecule has 0 saturated carbocycles. The second-order valence-electron chi connectivity index (χ2n) is 3.36. The van der Waals surface area contributed by atoms with Crippen molar-refractivity contribution in [2.75, 3.05) is 0 Å². The van der Waals surface area contributed by atoms with Crippen LogP contribution in [0.1, 0.15) is 40.5 Å². The van der Waals surface area contributed by atoms with Gasteiger partial charge < -0.3 is 0 Å². The summed E-state index contributed by atoms with van der Waals surface area (Å²) in [5.74, 6) is 0.732. The van der Waals surface area contributed by atoms with Crippen molar-refractivity contribution >= 4 is 0 Å². The number of rotatable bonds is 4. The topological polar surface area (TPSA) is 0 Å². The predicted octanol–water partition coefficient (Wildman–Crippen LogP) is 3.95. The summed E-state index contributed by atoms with van der Waals surface area (Å²) in [5, 5.41) is 0. The maximum Gasteiger partial charge on any atom is -0.0259 e. The minimum atomic E-state index is 0.732. The quantitative estimate of drug-likeness (QED) is 0.535. The molecule has 0 heteroatoms. The van der Waals surface area contributed by atoms with Crippen LogP contribution in [0.15, 0.2) is 23.8 Å². The van der Waals surface area contributed by atoms with Crippen LogP contribution in [0.3, 0.4) is 0 Å². The van der Waals surface area contributed by atoms with E-state index in [-0.39, 0.29) is 0 Å². The molecule has 64 valence electrons. The molecule has 0 fully saturated rings. The molecule has 0 unspecified atom stereocenters. The van der Waals surface area contributed by atoms with Crippen LogP contribution in [0, 0.1) is 5.92 Å². The Labute approximate surface area is 71.0 Å². The summed E-state index contributed by atoms with van der Waals surface area (Å²) in [7, 11) is 0. The average molecular weight is 152 g/mol. The van der Waals surface area contributed by atoms with Crippen molar-refractivity contribution in [2.45, 2.75) is 40.5 Å². The zero-order valence-corrected chi connectivity index (χ0v) is 8.22. The Balaban J connectivity index is 3.46. The highest BCUT2D eigenvalue weighted by Gasteiger charge is 1.93. The smallest absolute Gasteiger partial charge is 0.0259 e. The average Bonchev–Trinajstić information content (AvgIpc) is 1.87. The van der Waals surface area contributed by atoms with Gasteiger partial charge in [-0.1, -0.05) is 30.7 Å². The van der Waals surface area contributed by atoms with E-state index in [1.165, 1.54) is 18.4 Å². The lowest BCUT2D eigenvalue weighted by atomic mass is 10.0. The minimum absolute atomic E-state index is 0.732. The lowest BCUT2D eigenvalue weighted by molar-refractivity contribution is 0.655. The van der Waals surface area contributed by atoms with E-state index < -0.39 is 0 Å². The van der Waals surface area contributed by atoms with Gasteiger partial charge in [-0.2, -0.15) is 0 Å². The summed E-state index contributed by atoms with van der Waals surface area (Å²) in [6, 6.07) is 0. The fourth-order valence-electron chi connectivity index (χ4n) is 1.06. The number of allylic oxidation sites excluding steroid dienone is 4. The molecule has 0 saturated heterocycles. The molecular formula is C11H20. The van der Waals surface area contributed by atoms with Crippen LogP contribution in [0.2, 0.25) is 0 Å². The van der Waals surface area contributed by atoms with E-state index >= 15 is 0 Å². The normalized spacial score (nSPS) is 13.5. The summed E-state index contributed by atoms with van der Waals surface area (Å²) < 4.78 is 0. The molecule has 0 N–H and O–H groups in total. The van der Waals surface area contributed by atoms with Crippen molar-refractivity contribution < 1.29 is 0 Å². The SMILES string of the molecule is C/C=C/[C@@H](C)CCC=C(C)C. The van der Waals surface area contributed by atoms with Gasteiger partial charge in [-0.15, -0.1) is 0 Å². The fourth-order valence-corrected chi connectivity index (χ4v) is 1.06. The second-order valence-corrected chi connectivity index (χ2v) is 3.36. The van der Waals surface area contributed by atoms with E-state index in [0.717, 1.165) is 5.92 Å². The lowest BCUT2D eigenvalue weighted by Crippen LogP contribution is -1.87.